The Morgan fingerprint density at radius 1 is 1.45 bits per heavy atom. The summed E-state index contributed by atoms with van der Waals surface area (Å²) < 4.78 is 5.42. The van der Waals surface area contributed by atoms with Crippen molar-refractivity contribution < 1.29 is 14.6 Å². The second-order valence-corrected chi connectivity index (χ2v) is 5.85. The van der Waals surface area contributed by atoms with Crippen LogP contribution in [0.15, 0.2) is 18.2 Å². The monoisotopic (exact) mass is 317 g/mol. The van der Waals surface area contributed by atoms with Gasteiger partial charge >= 0.3 is 0 Å². The maximum atomic E-state index is 12.0. The smallest absolute Gasteiger partial charge is 0.260 e. The summed E-state index contributed by atoms with van der Waals surface area (Å²) in [5, 5.41) is 10.5. The van der Waals surface area contributed by atoms with E-state index in [-0.39, 0.29) is 24.5 Å². The molecule has 1 aliphatic rings. The second-order valence-electron chi connectivity index (χ2n) is 5.04. The summed E-state index contributed by atoms with van der Waals surface area (Å²) in [6.45, 7) is 3.02. The molecule has 2 atom stereocenters. The molecule has 1 aromatic carbocycles. The predicted molar refractivity (Wildman–Crippen MR) is 78.3 cm³/mol. The fraction of sp³-hybridized carbons (Fsp3) is 0.500. The van der Waals surface area contributed by atoms with Gasteiger partial charge in [0.2, 0.25) is 0 Å². The Balaban J connectivity index is 1.87. The number of aliphatic hydroxyl groups excluding tert-OH is 1. The molecule has 0 radical (unpaired) electrons. The first-order chi connectivity index (χ1) is 9.47. The number of halogens is 2. The van der Waals surface area contributed by atoms with Gasteiger partial charge in [0.1, 0.15) is 5.75 Å². The van der Waals surface area contributed by atoms with E-state index in [1.165, 1.54) is 0 Å². The van der Waals surface area contributed by atoms with E-state index in [1.54, 1.807) is 23.1 Å². The molecule has 4 nitrogen and oxygen atoms in total. The van der Waals surface area contributed by atoms with E-state index in [9.17, 15) is 9.90 Å². The van der Waals surface area contributed by atoms with Crippen LogP contribution in [0.25, 0.3) is 0 Å². The molecule has 1 saturated heterocycles. The van der Waals surface area contributed by atoms with Crippen LogP contribution < -0.4 is 4.74 Å². The minimum atomic E-state index is -0.324. The Bertz CT molecular complexity index is 495. The number of hydrogen-bond acceptors (Lipinski definition) is 3. The first kappa shape index (κ1) is 15.4. The van der Waals surface area contributed by atoms with Gasteiger partial charge in [0.25, 0.3) is 5.91 Å². The van der Waals surface area contributed by atoms with E-state index in [1.807, 2.05) is 6.92 Å². The van der Waals surface area contributed by atoms with Crippen molar-refractivity contribution in [2.75, 3.05) is 19.7 Å². The Hall–Kier alpha value is -0.970. The molecular formula is C14H17Cl2NO3. The first-order valence-corrected chi connectivity index (χ1v) is 7.26. The fourth-order valence-corrected chi connectivity index (χ4v) is 2.45. The Labute approximate surface area is 128 Å². The molecule has 1 aromatic rings. The van der Waals surface area contributed by atoms with Gasteiger partial charge in [-0.3, -0.25) is 4.79 Å². The summed E-state index contributed by atoms with van der Waals surface area (Å²) in [7, 11) is 0. The Morgan fingerprint density at radius 2 is 2.20 bits per heavy atom. The van der Waals surface area contributed by atoms with Crippen molar-refractivity contribution in [3.63, 3.8) is 0 Å². The van der Waals surface area contributed by atoms with Gasteiger partial charge in [0, 0.05) is 19.2 Å². The number of aliphatic hydroxyl groups is 1. The summed E-state index contributed by atoms with van der Waals surface area (Å²) in [5.74, 6) is 0.519. The summed E-state index contributed by atoms with van der Waals surface area (Å²) in [4.78, 5) is 13.8. The highest BCUT2D eigenvalue weighted by atomic mass is 35.5. The second kappa shape index (κ2) is 6.66. The van der Waals surface area contributed by atoms with E-state index in [2.05, 4.69) is 0 Å². The lowest BCUT2D eigenvalue weighted by Gasteiger charge is -2.34. The van der Waals surface area contributed by atoms with E-state index in [0.29, 0.717) is 35.3 Å². The van der Waals surface area contributed by atoms with Crippen molar-refractivity contribution in [3.8, 4) is 5.75 Å². The average Bonchev–Trinajstić information content (AvgIpc) is 2.43. The van der Waals surface area contributed by atoms with Crippen molar-refractivity contribution in [2.24, 2.45) is 5.92 Å². The van der Waals surface area contributed by atoms with Gasteiger partial charge in [-0.15, -0.1) is 0 Å². The minimum Gasteiger partial charge on any atom is -0.484 e. The number of piperidine rings is 1. The molecule has 0 bridgehead atoms. The van der Waals surface area contributed by atoms with E-state index < -0.39 is 0 Å². The number of likely N-dealkylation sites (tertiary alicyclic amines) is 1. The molecular weight excluding hydrogens is 301 g/mol. The quantitative estimate of drug-likeness (QED) is 0.932. The van der Waals surface area contributed by atoms with Crippen LogP contribution in [0.1, 0.15) is 13.3 Å². The molecule has 0 spiro atoms. The molecule has 20 heavy (non-hydrogen) atoms. The normalized spacial score (nSPS) is 22.7. The molecule has 1 amide bonds. The topological polar surface area (TPSA) is 49.8 Å². The highest BCUT2D eigenvalue weighted by Gasteiger charge is 2.27. The standard InChI is InChI=1S/C14H17Cl2NO3/c1-9-7-17(5-4-13(9)18)14(19)8-20-10-2-3-11(15)12(16)6-10/h2-3,6,9,13,18H,4-5,7-8H2,1H3. The average molecular weight is 318 g/mol. The maximum Gasteiger partial charge on any atom is 0.260 e. The third-order valence-electron chi connectivity index (χ3n) is 3.47. The van der Waals surface area contributed by atoms with Crippen LogP contribution in [0.3, 0.4) is 0 Å². The van der Waals surface area contributed by atoms with Gasteiger partial charge in [-0.1, -0.05) is 30.1 Å². The van der Waals surface area contributed by atoms with E-state index in [4.69, 9.17) is 27.9 Å². The molecule has 1 fully saturated rings. The van der Waals surface area contributed by atoms with Crippen molar-refractivity contribution in [3.05, 3.63) is 28.2 Å². The summed E-state index contributed by atoms with van der Waals surface area (Å²) >= 11 is 11.7. The van der Waals surface area contributed by atoms with Crippen molar-refractivity contribution >= 4 is 29.1 Å². The summed E-state index contributed by atoms with van der Waals surface area (Å²) in [6.07, 6.45) is 0.287. The third kappa shape index (κ3) is 3.78. The zero-order chi connectivity index (χ0) is 14.7. The SMILES string of the molecule is CC1CN(C(=O)COc2ccc(Cl)c(Cl)c2)CCC1O. The molecule has 0 aromatic heterocycles. The Kier molecular flexibility index (Phi) is 5.13. The molecule has 1 N–H and O–H groups in total. The minimum absolute atomic E-state index is 0.0409. The lowest BCUT2D eigenvalue weighted by atomic mass is 9.97. The largest absolute Gasteiger partial charge is 0.484 e. The molecule has 2 rings (SSSR count). The number of nitrogens with zero attached hydrogens (tertiary/aromatic N) is 1. The lowest BCUT2D eigenvalue weighted by molar-refractivity contribution is -0.136. The van der Waals surface area contributed by atoms with Crippen LogP contribution in [0.5, 0.6) is 5.75 Å². The van der Waals surface area contributed by atoms with Gasteiger partial charge in [0.05, 0.1) is 16.1 Å². The molecule has 6 heteroatoms. The molecule has 1 heterocycles. The maximum absolute atomic E-state index is 12.0. The van der Waals surface area contributed by atoms with Crippen LogP contribution in [0, 0.1) is 5.92 Å². The van der Waals surface area contributed by atoms with Crippen LogP contribution in [0.2, 0.25) is 10.0 Å². The van der Waals surface area contributed by atoms with Gasteiger partial charge < -0.3 is 14.7 Å². The molecule has 110 valence electrons. The van der Waals surface area contributed by atoms with Crippen LogP contribution in [0.4, 0.5) is 0 Å². The van der Waals surface area contributed by atoms with Gasteiger partial charge in [-0.25, -0.2) is 0 Å². The van der Waals surface area contributed by atoms with Crippen molar-refractivity contribution in [1.82, 2.24) is 4.90 Å². The number of benzene rings is 1. The number of hydrogen-bond donors (Lipinski definition) is 1. The third-order valence-corrected chi connectivity index (χ3v) is 4.21. The molecule has 0 saturated carbocycles. The molecule has 2 unspecified atom stereocenters. The lowest BCUT2D eigenvalue weighted by Crippen LogP contribution is -2.46. The fourth-order valence-electron chi connectivity index (χ4n) is 2.16. The first-order valence-electron chi connectivity index (χ1n) is 6.51. The van der Waals surface area contributed by atoms with E-state index >= 15 is 0 Å². The number of carbonyl (C=O) groups is 1. The van der Waals surface area contributed by atoms with Gasteiger partial charge in [-0.05, 0) is 24.5 Å². The number of rotatable bonds is 3. The van der Waals surface area contributed by atoms with Crippen LogP contribution >= 0.6 is 23.2 Å². The summed E-state index contributed by atoms with van der Waals surface area (Å²) in [5.41, 5.74) is 0. The predicted octanol–water partition coefficient (Wildman–Crippen LogP) is 2.60. The van der Waals surface area contributed by atoms with Gasteiger partial charge in [0.15, 0.2) is 6.61 Å². The van der Waals surface area contributed by atoms with Crippen LogP contribution in [-0.4, -0.2) is 41.7 Å². The van der Waals surface area contributed by atoms with Gasteiger partial charge in [-0.2, -0.15) is 0 Å². The number of carbonyl (C=O) groups excluding carboxylic acids is 1. The summed E-state index contributed by atoms with van der Waals surface area (Å²) in [6, 6.07) is 4.88. The zero-order valence-electron chi connectivity index (χ0n) is 11.2. The highest BCUT2D eigenvalue weighted by Crippen LogP contribution is 2.26. The molecule has 1 aliphatic heterocycles. The number of ether oxygens (including phenoxy) is 1. The van der Waals surface area contributed by atoms with E-state index in [0.717, 1.165) is 0 Å². The van der Waals surface area contributed by atoms with Crippen molar-refractivity contribution in [2.45, 2.75) is 19.4 Å². The Morgan fingerprint density at radius 3 is 2.85 bits per heavy atom. The van der Waals surface area contributed by atoms with Crippen molar-refractivity contribution in [1.29, 1.82) is 0 Å². The highest BCUT2D eigenvalue weighted by molar-refractivity contribution is 6.42. The molecule has 0 aliphatic carbocycles. The number of amides is 1. The zero-order valence-corrected chi connectivity index (χ0v) is 12.7. The van der Waals surface area contributed by atoms with Crippen LogP contribution in [-0.2, 0) is 4.79 Å².